The van der Waals surface area contributed by atoms with Crippen LogP contribution in [-0.2, 0) is 16.4 Å². The Morgan fingerprint density at radius 2 is 1.83 bits per heavy atom. The number of nitrogens with two attached hydrogens (primary N) is 1. The lowest BCUT2D eigenvalue weighted by atomic mass is 10.2. The average molecular weight is 288 g/mol. The molecule has 2 heterocycles. The number of hydrogen-bond donors (Lipinski definition) is 1. The highest BCUT2D eigenvalue weighted by molar-refractivity contribution is 7.91. The molecule has 0 saturated carbocycles. The molecule has 0 amide bonds. The van der Waals surface area contributed by atoms with E-state index in [0.717, 1.165) is 37.0 Å². The smallest absolute Gasteiger partial charge is 0.252 e. The molecule has 0 radical (unpaired) electrons. The summed E-state index contributed by atoms with van der Waals surface area (Å²) in [5.74, 6) is 0. The predicted molar refractivity (Wildman–Crippen MR) is 74.3 cm³/mol. The van der Waals surface area contributed by atoms with Crippen LogP contribution in [0.2, 0.25) is 0 Å². The van der Waals surface area contributed by atoms with Gasteiger partial charge in [-0.15, -0.1) is 11.3 Å². The van der Waals surface area contributed by atoms with Gasteiger partial charge in [-0.1, -0.05) is 12.8 Å². The molecule has 0 aliphatic carbocycles. The van der Waals surface area contributed by atoms with E-state index in [4.69, 9.17) is 5.73 Å². The van der Waals surface area contributed by atoms with Crippen LogP contribution in [0.5, 0.6) is 0 Å². The lowest BCUT2D eigenvalue weighted by Gasteiger charge is -2.18. The van der Waals surface area contributed by atoms with Crippen LogP contribution in [0.15, 0.2) is 16.3 Å². The fraction of sp³-hybridized carbons (Fsp3) is 0.667. The number of rotatable bonds is 4. The third-order valence-electron chi connectivity index (χ3n) is 3.19. The van der Waals surface area contributed by atoms with Crippen molar-refractivity contribution in [3.05, 3.63) is 17.0 Å². The molecular formula is C12H20N2O2S2. The minimum absolute atomic E-state index is 0.466. The van der Waals surface area contributed by atoms with Crippen LogP contribution in [0, 0.1) is 0 Å². The molecule has 1 saturated heterocycles. The molecule has 0 unspecified atom stereocenters. The molecule has 0 aromatic carbocycles. The van der Waals surface area contributed by atoms with Crippen LogP contribution < -0.4 is 5.73 Å². The van der Waals surface area contributed by atoms with Gasteiger partial charge in [-0.3, -0.25) is 0 Å². The van der Waals surface area contributed by atoms with Crippen molar-refractivity contribution < 1.29 is 8.42 Å². The van der Waals surface area contributed by atoms with Gasteiger partial charge in [-0.05, 0) is 37.9 Å². The molecule has 1 aromatic heterocycles. The Morgan fingerprint density at radius 3 is 2.44 bits per heavy atom. The number of thiophene rings is 1. The van der Waals surface area contributed by atoms with E-state index in [-0.39, 0.29) is 0 Å². The van der Waals surface area contributed by atoms with E-state index in [1.54, 1.807) is 10.4 Å². The van der Waals surface area contributed by atoms with Gasteiger partial charge in [0.1, 0.15) is 4.21 Å². The predicted octanol–water partition coefficient (Wildman–Crippen LogP) is 1.81. The monoisotopic (exact) mass is 288 g/mol. The zero-order chi connectivity index (χ0) is 13.0. The minimum atomic E-state index is -3.27. The van der Waals surface area contributed by atoms with E-state index in [1.807, 2.05) is 6.07 Å². The summed E-state index contributed by atoms with van der Waals surface area (Å²) in [4.78, 5) is 1.05. The Kier molecular flexibility index (Phi) is 4.77. The zero-order valence-electron chi connectivity index (χ0n) is 10.5. The largest absolute Gasteiger partial charge is 0.330 e. The highest BCUT2D eigenvalue weighted by Gasteiger charge is 2.26. The van der Waals surface area contributed by atoms with E-state index < -0.39 is 10.0 Å². The molecule has 4 nitrogen and oxygen atoms in total. The van der Waals surface area contributed by atoms with E-state index >= 15 is 0 Å². The lowest BCUT2D eigenvalue weighted by molar-refractivity contribution is 0.425. The Bertz CT molecular complexity index is 474. The average Bonchev–Trinajstić information content (AvgIpc) is 2.65. The summed E-state index contributed by atoms with van der Waals surface area (Å²) in [6.07, 6.45) is 4.96. The standard InChI is InChI=1S/C12H20N2O2S2/c13-8-7-11-5-6-12(17-11)18(15,16)14-9-3-1-2-4-10-14/h5-6H,1-4,7-10,13H2. The second-order valence-corrected chi connectivity index (χ2v) is 7.91. The van der Waals surface area contributed by atoms with Crippen LogP contribution in [0.4, 0.5) is 0 Å². The SMILES string of the molecule is NCCc1ccc(S(=O)(=O)N2CCCCCC2)s1. The molecule has 102 valence electrons. The van der Waals surface area contributed by atoms with Crippen LogP contribution in [-0.4, -0.2) is 32.4 Å². The van der Waals surface area contributed by atoms with Crippen molar-refractivity contribution in [3.8, 4) is 0 Å². The van der Waals surface area contributed by atoms with Gasteiger partial charge in [0.05, 0.1) is 0 Å². The van der Waals surface area contributed by atoms with E-state index in [2.05, 4.69) is 0 Å². The van der Waals surface area contributed by atoms with Crippen molar-refractivity contribution in [1.29, 1.82) is 0 Å². The van der Waals surface area contributed by atoms with Crippen molar-refractivity contribution in [3.63, 3.8) is 0 Å². The number of hydrogen-bond acceptors (Lipinski definition) is 4. The maximum absolute atomic E-state index is 12.5. The van der Waals surface area contributed by atoms with E-state index in [1.165, 1.54) is 11.3 Å². The summed E-state index contributed by atoms with van der Waals surface area (Å²) in [5, 5.41) is 0. The molecule has 2 N–H and O–H groups in total. The first-order chi connectivity index (χ1) is 8.64. The molecule has 0 spiro atoms. The topological polar surface area (TPSA) is 63.4 Å². The van der Waals surface area contributed by atoms with Gasteiger partial charge in [0.15, 0.2) is 0 Å². The van der Waals surface area contributed by atoms with Gasteiger partial charge in [-0.2, -0.15) is 4.31 Å². The normalized spacial score (nSPS) is 18.7. The van der Waals surface area contributed by atoms with Crippen molar-refractivity contribution in [2.75, 3.05) is 19.6 Å². The maximum atomic E-state index is 12.5. The summed E-state index contributed by atoms with van der Waals surface area (Å²) in [7, 11) is -3.27. The highest BCUT2D eigenvalue weighted by atomic mass is 32.2. The molecule has 18 heavy (non-hydrogen) atoms. The Morgan fingerprint density at radius 1 is 1.17 bits per heavy atom. The molecule has 1 aliphatic rings. The molecule has 1 fully saturated rings. The second-order valence-electron chi connectivity index (χ2n) is 4.58. The van der Waals surface area contributed by atoms with Crippen LogP contribution >= 0.6 is 11.3 Å². The van der Waals surface area contributed by atoms with Crippen LogP contribution in [0.3, 0.4) is 0 Å². The molecule has 0 atom stereocenters. The fourth-order valence-electron chi connectivity index (χ4n) is 2.18. The van der Waals surface area contributed by atoms with E-state index in [0.29, 0.717) is 23.8 Å². The first-order valence-electron chi connectivity index (χ1n) is 6.43. The lowest BCUT2D eigenvalue weighted by Crippen LogP contribution is -2.31. The summed E-state index contributed by atoms with van der Waals surface area (Å²) in [6.45, 7) is 1.88. The maximum Gasteiger partial charge on any atom is 0.252 e. The highest BCUT2D eigenvalue weighted by Crippen LogP contribution is 2.26. The second kappa shape index (κ2) is 6.14. The van der Waals surface area contributed by atoms with Gasteiger partial charge in [0, 0.05) is 18.0 Å². The van der Waals surface area contributed by atoms with Crippen LogP contribution in [0.1, 0.15) is 30.6 Å². The van der Waals surface area contributed by atoms with Gasteiger partial charge < -0.3 is 5.73 Å². The Labute approximate surface area is 113 Å². The van der Waals surface area contributed by atoms with Crippen LogP contribution in [0.25, 0.3) is 0 Å². The minimum Gasteiger partial charge on any atom is -0.330 e. The van der Waals surface area contributed by atoms with Gasteiger partial charge in [0.2, 0.25) is 0 Å². The zero-order valence-corrected chi connectivity index (χ0v) is 12.1. The molecule has 1 aliphatic heterocycles. The first kappa shape index (κ1) is 14.0. The van der Waals surface area contributed by atoms with Gasteiger partial charge >= 0.3 is 0 Å². The first-order valence-corrected chi connectivity index (χ1v) is 8.69. The third kappa shape index (κ3) is 3.12. The Balaban J connectivity index is 2.17. The molecule has 2 rings (SSSR count). The molecular weight excluding hydrogens is 268 g/mol. The van der Waals surface area contributed by atoms with Crippen molar-refractivity contribution >= 4 is 21.4 Å². The van der Waals surface area contributed by atoms with Crippen molar-refractivity contribution in [2.45, 2.75) is 36.3 Å². The van der Waals surface area contributed by atoms with Gasteiger partial charge in [0.25, 0.3) is 10.0 Å². The molecule has 6 heteroatoms. The molecule has 0 bridgehead atoms. The number of nitrogens with zero attached hydrogens (tertiary/aromatic N) is 1. The fourth-order valence-corrected chi connectivity index (χ4v) is 5.23. The van der Waals surface area contributed by atoms with Gasteiger partial charge in [-0.25, -0.2) is 8.42 Å². The summed E-state index contributed by atoms with van der Waals surface area (Å²) in [6, 6.07) is 3.60. The quantitative estimate of drug-likeness (QED) is 0.919. The number of sulfonamides is 1. The van der Waals surface area contributed by atoms with Crippen molar-refractivity contribution in [1.82, 2.24) is 4.31 Å². The third-order valence-corrected chi connectivity index (χ3v) is 6.70. The summed E-state index contributed by atoms with van der Waals surface area (Å²) in [5.41, 5.74) is 5.49. The summed E-state index contributed by atoms with van der Waals surface area (Å²) >= 11 is 1.36. The van der Waals surface area contributed by atoms with Crippen molar-refractivity contribution in [2.24, 2.45) is 5.73 Å². The molecule has 1 aromatic rings. The Hall–Kier alpha value is -0.430. The summed E-state index contributed by atoms with van der Waals surface area (Å²) < 4.78 is 27.0. The van der Waals surface area contributed by atoms with E-state index in [9.17, 15) is 8.42 Å².